The highest BCUT2D eigenvalue weighted by Gasteiger charge is 2.05. The van der Waals surface area contributed by atoms with Crippen LogP contribution >= 0.6 is 0 Å². The van der Waals surface area contributed by atoms with Crippen LogP contribution in [0, 0.1) is 5.92 Å². The molecule has 0 unspecified atom stereocenters. The van der Waals surface area contributed by atoms with Crippen molar-refractivity contribution < 1.29 is 1.43 Å². The lowest BCUT2D eigenvalue weighted by Crippen LogP contribution is -1.99. The third kappa shape index (κ3) is 4.26. The van der Waals surface area contributed by atoms with E-state index in [0.717, 1.165) is 5.92 Å². The van der Waals surface area contributed by atoms with Gasteiger partial charge in [0.15, 0.2) is 0 Å². The molecule has 0 bridgehead atoms. The molecule has 0 aliphatic heterocycles. The SMILES string of the molecule is C=C.CC1CCCCC1.[HH]. The highest BCUT2D eigenvalue weighted by atomic mass is 14.1. The fraction of sp³-hybridized carbons (Fsp3) is 0.778. The maximum atomic E-state index is 3.00. The Morgan fingerprint density at radius 3 is 1.78 bits per heavy atom. The van der Waals surface area contributed by atoms with Crippen LogP contribution in [0.3, 0.4) is 0 Å². The molecule has 56 valence electrons. The molecule has 1 aliphatic carbocycles. The zero-order valence-corrected chi connectivity index (χ0v) is 6.53. The maximum absolute atomic E-state index is 3.00. The van der Waals surface area contributed by atoms with Gasteiger partial charge in [0.2, 0.25) is 0 Å². The minimum Gasteiger partial charge on any atom is -0.106 e. The van der Waals surface area contributed by atoms with Crippen molar-refractivity contribution in [1.82, 2.24) is 0 Å². The summed E-state index contributed by atoms with van der Waals surface area (Å²) < 4.78 is 0. The molecule has 0 radical (unpaired) electrons. The van der Waals surface area contributed by atoms with Crippen molar-refractivity contribution in [3.8, 4) is 0 Å². The van der Waals surface area contributed by atoms with Crippen LogP contribution in [0.5, 0.6) is 0 Å². The van der Waals surface area contributed by atoms with Gasteiger partial charge in [-0.3, -0.25) is 0 Å². The molecule has 1 aliphatic rings. The molecule has 0 amide bonds. The van der Waals surface area contributed by atoms with E-state index in [1.807, 2.05) is 0 Å². The monoisotopic (exact) mass is 128 g/mol. The van der Waals surface area contributed by atoms with Gasteiger partial charge >= 0.3 is 0 Å². The van der Waals surface area contributed by atoms with Gasteiger partial charge in [-0.25, -0.2) is 0 Å². The predicted molar refractivity (Wildman–Crippen MR) is 45.6 cm³/mol. The maximum Gasteiger partial charge on any atom is 0 e. The van der Waals surface area contributed by atoms with Crippen LogP contribution in [0.4, 0.5) is 0 Å². The second-order valence-electron chi connectivity index (χ2n) is 2.74. The molecule has 0 heterocycles. The first-order valence-corrected chi connectivity index (χ1v) is 3.89. The quantitative estimate of drug-likeness (QED) is 0.437. The first-order valence-electron chi connectivity index (χ1n) is 3.89. The fourth-order valence-electron chi connectivity index (χ4n) is 1.31. The van der Waals surface area contributed by atoms with Crippen molar-refractivity contribution in [3.05, 3.63) is 13.2 Å². The van der Waals surface area contributed by atoms with Gasteiger partial charge in [-0.1, -0.05) is 39.0 Å². The molecule has 0 N–H and O–H groups in total. The molecule has 0 aromatic heterocycles. The Kier molecular flexibility index (Phi) is 5.70. The number of hydrogen-bond acceptors (Lipinski definition) is 0. The van der Waals surface area contributed by atoms with E-state index in [1.54, 1.807) is 0 Å². The van der Waals surface area contributed by atoms with Gasteiger partial charge in [-0.15, -0.1) is 13.2 Å². The van der Waals surface area contributed by atoms with Crippen molar-refractivity contribution >= 4 is 0 Å². The third-order valence-electron chi connectivity index (χ3n) is 1.89. The van der Waals surface area contributed by atoms with Gasteiger partial charge in [0.25, 0.3) is 0 Å². The molecule has 1 saturated carbocycles. The fourth-order valence-corrected chi connectivity index (χ4v) is 1.31. The van der Waals surface area contributed by atoms with Gasteiger partial charge in [0, 0.05) is 1.43 Å². The normalized spacial score (nSPS) is 20.1. The van der Waals surface area contributed by atoms with E-state index in [-0.39, 0.29) is 1.43 Å². The summed E-state index contributed by atoms with van der Waals surface area (Å²) in [6, 6.07) is 0. The molecule has 9 heavy (non-hydrogen) atoms. The molecule has 1 rings (SSSR count). The summed E-state index contributed by atoms with van der Waals surface area (Å²) in [4.78, 5) is 0. The van der Waals surface area contributed by atoms with E-state index >= 15 is 0 Å². The summed E-state index contributed by atoms with van der Waals surface area (Å²) >= 11 is 0. The molecule has 1 fully saturated rings. The highest BCUT2D eigenvalue weighted by molar-refractivity contribution is 4.59. The van der Waals surface area contributed by atoms with Crippen LogP contribution in [0.1, 0.15) is 40.5 Å². The van der Waals surface area contributed by atoms with Gasteiger partial charge in [-0.05, 0) is 5.92 Å². The molecule has 0 aromatic carbocycles. The third-order valence-corrected chi connectivity index (χ3v) is 1.89. The lowest BCUT2D eigenvalue weighted by molar-refractivity contribution is 0.385. The summed E-state index contributed by atoms with van der Waals surface area (Å²) in [5, 5.41) is 0. The van der Waals surface area contributed by atoms with Crippen LogP contribution < -0.4 is 0 Å². The molecule has 0 aromatic rings. The zero-order valence-electron chi connectivity index (χ0n) is 6.53. The smallest absolute Gasteiger partial charge is 0 e. The lowest BCUT2D eigenvalue weighted by atomic mass is 9.91. The molecule has 0 saturated heterocycles. The lowest BCUT2D eigenvalue weighted by Gasteiger charge is -2.15. The summed E-state index contributed by atoms with van der Waals surface area (Å²) in [5.74, 6) is 1.04. The van der Waals surface area contributed by atoms with Crippen molar-refractivity contribution in [3.63, 3.8) is 0 Å². The summed E-state index contributed by atoms with van der Waals surface area (Å²) in [5.41, 5.74) is 0. The van der Waals surface area contributed by atoms with Crippen LogP contribution in [-0.4, -0.2) is 0 Å². The second kappa shape index (κ2) is 5.87. The summed E-state index contributed by atoms with van der Waals surface area (Å²) in [6.45, 7) is 8.36. The van der Waals surface area contributed by atoms with Gasteiger partial charge < -0.3 is 0 Å². The number of rotatable bonds is 0. The van der Waals surface area contributed by atoms with Crippen molar-refractivity contribution in [2.24, 2.45) is 5.92 Å². The average Bonchev–Trinajstić information content (AvgIpc) is 1.94. The zero-order chi connectivity index (χ0) is 7.11. The van der Waals surface area contributed by atoms with E-state index in [2.05, 4.69) is 20.1 Å². The average molecular weight is 128 g/mol. The van der Waals surface area contributed by atoms with E-state index in [9.17, 15) is 0 Å². The molecule has 0 heteroatoms. The molecule has 0 nitrogen and oxygen atoms in total. The predicted octanol–water partition coefficient (Wildman–Crippen LogP) is 3.63. The van der Waals surface area contributed by atoms with Crippen LogP contribution in [0.25, 0.3) is 0 Å². The van der Waals surface area contributed by atoms with E-state index in [4.69, 9.17) is 0 Å². The van der Waals surface area contributed by atoms with Crippen LogP contribution in [0.2, 0.25) is 0 Å². The Balaban J connectivity index is 0. The molecule has 0 spiro atoms. The Labute approximate surface area is 60.5 Å². The minimum atomic E-state index is 0. The topological polar surface area (TPSA) is 0 Å². The molecular formula is C9H20. The van der Waals surface area contributed by atoms with Crippen LogP contribution in [-0.2, 0) is 0 Å². The first-order chi connectivity index (χ1) is 4.39. The standard InChI is InChI=1S/C7H14.C2H4.H2/c1-7-5-3-2-4-6-7;1-2;/h7H,2-6H2,1H3;1-2H2;1H. The largest absolute Gasteiger partial charge is 0.106 e. The summed E-state index contributed by atoms with van der Waals surface area (Å²) in [7, 11) is 0. The second-order valence-corrected chi connectivity index (χ2v) is 2.74. The van der Waals surface area contributed by atoms with Gasteiger partial charge in [-0.2, -0.15) is 0 Å². The molecule has 0 atom stereocenters. The van der Waals surface area contributed by atoms with Crippen molar-refractivity contribution in [1.29, 1.82) is 0 Å². The summed E-state index contributed by atoms with van der Waals surface area (Å²) in [6.07, 6.45) is 7.44. The van der Waals surface area contributed by atoms with Gasteiger partial charge in [0.05, 0.1) is 0 Å². The van der Waals surface area contributed by atoms with Crippen LogP contribution in [0.15, 0.2) is 13.2 Å². The van der Waals surface area contributed by atoms with E-state index in [1.165, 1.54) is 32.1 Å². The Morgan fingerprint density at radius 2 is 1.56 bits per heavy atom. The minimum absolute atomic E-state index is 0. The van der Waals surface area contributed by atoms with E-state index < -0.39 is 0 Å². The first kappa shape index (κ1) is 8.74. The van der Waals surface area contributed by atoms with Crippen molar-refractivity contribution in [2.45, 2.75) is 39.0 Å². The Morgan fingerprint density at radius 1 is 1.11 bits per heavy atom. The Hall–Kier alpha value is -0.260. The number of hydrogen-bond donors (Lipinski definition) is 0. The van der Waals surface area contributed by atoms with Gasteiger partial charge in [0.1, 0.15) is 0 Å². The van der Waals surface area contributed by atoms with Crippen molar-refractivity contribution in [2.75, 3.05) is 0 Å². The van der Waals surface area contributed by atoms with E-state index in [0.29, 0.717) is 0 Å². The molecular weight excluding hydrogens is 108 g/mol. The Bertz CT molecular complexity index is 55.7. The highest BCUT2D eigenvalue weighted by Crippen LogP contribution is 2.21.